The molecule has 0 fully saturated rings. The van der Waals surface area contributed by atoms with Crippen molar-refractivity contribution in [2.45, 2.75) is 0 Å². The standard InChI is InChI=1S/C48H28N4S/c1-2-14-30(15-3-1)51-39-23-11-6-16-31(39)32-27-26-29(28-41(32)51)45-48(50-38-22-10-9-21-37(38)49-45)52-40-24-12-7-19-35(40)43-33-17-4-5-18-34(33)44-36-20-8-13-25-42(36)53-47(44)46(43)52/h1-28H. The summed E-state index contributed by atoms with van der Waals surface area (Å²) in [5, 5.41) is 9.99. The van der Waals surface area contributed by atoms with E-state index >= 15 is 0 Å². The molecule has 4 nitrogen and oxygen atoms in total. The first-order valence-electron chi connectivity index (χ1n) is 17.9. The maximum atomic E-state index is 5.54. The molecule has 0 radical (unpaired) electrons. The number of hydrogen-bond acceptors (Lipinski definition) is 3. The summed E-state index contributed by atoms with van der Waals surface area (Å²) in [6.45, 7) is 0. The van der Waals surface area contributed by atoms with E-state index in [1.807, 2.05) is 23.5 Å². The zero-order chi connectivity index (χ0) is 34.6. The first-order valence-corrected chi connectivity index (χ1v) is 18.7. The molecule has 0 unspecified atom stereocenters. The number of para-hydroxylation sites is 5. The first kappa shape index (κ1) is 28.8. The Hall–Kier alpha value is -6.82. The van der Waals surface area contributed by atoms with Crippen LogP contribution in [0.4, 0.5) is 0 Å². The van der Waals surface area contributed by atoms with Crippen LogP contribution in [0.3, 0.4) is 0 Å². The normalized spacial score (nSPS) is 12.2. The molecular formula is C48H28N4S. The van der Waals surface area contributed by atoms with Crippen LogP contribution in [0, 0.1) is 0 Å². The van der Waals surface area contributed by atoms with E-state index in [0.29, 0.717) is 0 Å². The summed E-state index contributed by atoms with van der Waals surface area (Å²) in [6.07, 6.45) is 0. The predicted molar refractivity (Wildman–Crippen MR) is 224 cm³/mol. The maximum Gasteiger partial charge on any atom is 0.165 e. The van der Waals surface area contributed by atoms with Gasteiger partial charge in [-0.25, -0.2) is 9.97 Å². The number of benzene rings is 8. The fraction of sp³-hybridized carbons (Fsp3) is 0. The molecule has 0 spiro atoms. The molecule has 0 amide bonds. The van der Waals surface area contributed by atoms with Gasteiger partial charge in [-0.15, -0.1) is 11.3 Å². The molecule has 0 aliphatic heterocycles. The van der Waals surface area contributed by atoms with Gasteiger partial charge in [0.25, 0.3) is 0 Å². The van der Waals surface area contributed by atoms with Crippen molar-refractivity contribution < 1.29 is 0 Å². The highest BCUT2D eigenvalue weighted by Gasteiger charge is 2.25. The van der Waals surface area contributed by atoms with Gasteiger partial charge in [-0.3, -0.25) is 4.57 Å². The summed E-state index contributed by atoms with van der Waals surface area (Å²) in [5.74, 6) is 0.825. The van der Waals surface area contributed by atoms with Gasteiger partial charge in [0.05, 0.1) is 37.8 Å². The van der Waals surface area contributed by atoms with Crippen molar-refractivity contribution >= 4 is 96.9 Å². The minimum Gasteiger partial charge on any atom is -0.309 e. The molecule has 0 atom stereocenters. The van der Waals surface area contributed by atoms with Gasteiger partial charge in [0.1, 0.15) is 5.69 Å². The number of nitrogens with zero attached hydrogens (tertiary/aromatic N) is 4. The lowest BCUT2D eigenvalue weighted by Gasteiger charge is -2.15. The molecule has 0 saturated heterocycles. The molecule has 12 aromatic rings. The van der Waals surface area contributed by atoms with E-state index in [9.17, 15) is 0 Å². The van der Waals surface area contributed by atoms with Gasteiger partial charge in [-0.1, -0.05) is 121 Å². The van der Waals surface area contributed by atoms with Crippen LogP contribution in [0.15, 0.2) is 170 Å². The molecule has 8 aromatic carbocycles. The lowest BCUT2D eigenvalue weighted by Crippen LogP contribution is -2.04. The lowest BCUT2D eigenvalue weighted by molar-refractivity contribution is 1.08. The quantitative estimate of drug-likeness (QED) is 0.185. The summed E-state index contributed by atoms with van der Waals surface area (Å²) in [5.41, 5.74) is 9.33. The van der Waals surface area contributed by atoms with Crippen LogP contribution in [0.2, 0.25) is 0 Å². The average Bonchev–Trinajstić information content (AvgIpc) is 3.89. The number of hydrogen-bond donors (Lipinski definition) is 0. The zero-order valence-electron chi connectivity index (χ0n) is 28.4. The third kappa shape index (κ3) is 4.00. The molecule has 0 N–H and O–H groups in total. The summed E-state index contributed by atoms with van der Waals surface area (Å²) >= 11 is 1.87. The van der Waals surface area contributed by atoms with Crippen LogP contribution < -0.4 is 0 Å². The van der Waals surface area contributed by atoms with Crippen molar-refractivity contribution in [3.8, 4) is 22.8 Å². The van der Waals surface area contributed by atoms with E-state index in [-0.39, 0.29) is 0 Å². The number of aromatic nitrogens is 4. The number of fused-ring (bicyclic) bond motifs is 14. The van der Waals surface area contributed by atoms with Crippen LogP contribution in [0.25, 0.3) is 108 Å². The SMILES string of the molecule is c1ccc(-n2c3ccccc3c3ccc(-c4nc5ccccc5nc4-n4c5ccccc5c5c6ccccc6c6c7ccccc7sc6c54)cc32)cc1. The highest BCUT2D eigenvalue weighted by Crippen LogP contribution is 2.48. The minimum absolute atomic E-state index is 0.825. The van der Waals surface area contributed by atoms with E-state index in [2.05, 4.69) is 167 Å². The Kier molecular flexibility index (Phi) is 5.90. The van der Waals surface area contributed by atoms with Crippen molar-refractivity contribution in [1.82, 2.24) is 19.1 Å². The molecule has 0 saturated carbocycles. The summed E-state index contributed by atoms with van der Waals surface area (Å²) < 4.78 is 7.31. The molecule has 4 aromatic heterocycles. The van der Waals surface area contributed by atoms with E-state index in [0.717, 1.165) is 44.8 Å². The van der Waals surface area contributed by atoms with E-state index in [4.69, 9.17) is 9.97 Å². The Labute approximate surface area is 307 Å². The summed E-state index contributed by atoms with van der Waals surface area (Å²) in [7, 11) is 0. The molecule has 4 heterocycles. The third-order valence-corrected chi connectivity index (χ3v) is 12.1. The lowest BCUT2D eigenvalue weighted by atomic mass is 9.99. The second-order valence-corrected chi connectivity index (χ2v) is 14.8. The van der Waals surface area contributed by atoms with Gasteiger partial charge >= 0.3 is 0 Å². The molecule has 246 valence electrons. The molecule has 5 heteroatoms. The van der Waals surface area contributed by atoms with Crippen molar-refractivity contribution in [2.24, 2.45) is 0 Å². The first-order chi connectivity index (χ1) is 26.3. The highest BCUT2D eigenvalue weighted by molar-refractivity contribution is 7.27. The van der Waals surface area contributed by atoms with Crippen molar-refractivity contribution in [1.29, 1.82) is 0 Å². The Morgan fingerprint density at radius 1 is 0.415 bits per heavy atom. The van der Waals surface area contributed by atoms with Gasteiger partial charge < -0.3 is 4.57 Å². The van der Waals surface area contributed by atoms with Gasteiger partial charge in [-0.2, -0.15) is 0 Å². The predicted octanol–water partition coefficient (Wildman–Crippen LogP) is 13.0. The molecular weight excluding hydrogens is 665 g/mol. The van der Waals surface area contributed by atoms with Gasteiger partial charge in [0.15, 0.2) is 5.82 Å². The largest absolute Gasteiger partial charge is 0.309 e. The Bertz CT molecular complexity index is 3460. The monoisotopic (exact) mass is 692 g/mol. The molecule has 0 aliphatic carbocycles. The Morgan fingerprint density at radius 3 is 1.79 bits per heavy atom. The van der Waals surface area contributed by atoms with Crippen LogP contribution in [0.1, 0.15) is 0 Å². The van der Waals surface area contributed by atoms with Gasteiger partial charge in [0, 0.05) is 48.3 Å². The van der Waals surface area contributed by atoms with Crippen molar-refractivity contribution in [3.63, 3.8) is 0 Å². The molecule has 0 aliphatic rings. The average molecular weight is 693 g/mol. The van der Waals surface area contributed by atoms with Crippen molar-refractivity contribution in [3.05, 3.63) is 170 Å². The van der Waals surface area contributed by atoms with E-state index in [1.165, 1.54) is 63.5 Å². The van der Waals surface area contributed by atoms with Gasteiger partial charge in [0.2, 0.25) is 0 Å². The Morgan fingerprint density at radius 2 is 1.00 bits per heavy atom. The van der Waals surface area contributed by atoms with Crippen molar-refractivity contribution in [2.75, 3.05) is 0 Å². The topological polar surface area (TPSA) is 35.6 Å². The Balaban J connectivity index is 1.26. The fourth-order valence-electron chi connectivity index (χ4n) is 8.66. The summed E-state index contributed by atoms with van der Waals surface area (Å²) in [4.78, 5) is 11.0. The highest BCUT2D eigenvalue weighted by atomic mass is 32.1. The van der Waals surface area contributed by atoms with E-state index in [1.54, 1.807) is 0 Å². The second-order valence-electron chi connectivity index (χ2n) is 13.7. The molecule has 53 heavy (non-hydrogen) atoms. The third-order valence-electron chi connectivity index (χ3n) is 10.9. The zero-order valence-corrected chi connectivity index (χ0v) is 29.2. The smallest absolute Gasteiger partial charge is 0.165 e. The number of thiophene rings is 1. The summed E-state index contributed by atoms with van der Waals surface area (Å²) in [6, 6.07) is 60.8. The van der Waals surface area contributed by atoms with E-state index < -0.39 is 0 Å². The van der Waals surface area contributed by atoms with Gasteiger partial charge in [-0.05, 0) is 59.3 Å². The van der Waals surface area contributed by atoms with Crippen LogP contribution in [-0.2, 0) is 0 Å². The molecule has 0 bridgehead atoms. The molecule has 12 rings (SSSR count). The second kappa shape index (κ2) is 10.8. The number of rotatable bonds is 3. The fourth-order valence-corrected chi connectivity index (χ4v) is 9.92. The maximum absolute atomic E-state index is 5.54. The minimum atomic E-state index is 0.825. The van der Waals surface area contributed by atoms with Crippen LogP contribution >= 0.6 is 11.3 Å². The van der Waals surface area contributed by atoms with Crippen LogP contribution in [-0.4, -0.2) is 19.1 Å². The van der Waals surface area contributed by atoms with Crippen LogP contribution in [0.5, 0.6) is 0 Å².